The summed E-state index contributed by atoms with van der Waals surface area (Å²) in [6, 6.07) is 0. The Bertz CT molecular complexity index is 579. The van der Waals surface area contributed by atoms with Crippen LogP contribution in [0, 0.1) is 46.3 Å². The van der Waals surface area contributed by atoms with Crippen LogP contribution in [-0.2, 0) is 9.47 Å². The van der Waals surface area contributed by atoms with Crippen molar-refractivity contribution in [1.29, 1.82) is 0 Å². The van der Waals surface area contributed by atoms with E-state index in [2.05, 4.69) is 32.9 Å². The lowest BCUT2D eigenvalue weighted by Crippen LogP contribution is -2.54. The summed E-state index contributed by atoms with van der Waals surface area (Å²) in [5.41, 5.74) is 1.10. The fourth-order valence-electron chi connectivity index (χ4n) is 8.88. The molecule has 5 fully saturated rings. The average molecular weight is 373 g/mol. The van der Waals surface area contributed by atoms with Gasteiger partial charge in [-0.25, -0.2) is 0 Å². The largest absolute Gasteiger partial charge is 0.350 e. The van der Waals surface area contributed by atoms with Crippen molar-refractivity contribution in [3.8, 4) is 0 Å². The van der Waals surface area contributed by atoms with E-state index in [-0.39, 0.29) is 6.29 Å². The van der Waals surface area contributed by atoms with Gasteiger partial charge in [0.25, 0.3) is 0 Å². The highest BCUT2D eigenvalue weighted by Gasteiger charge is 2.60. The minimum Gasteiger partial charge on any atom is -0.350 e. The lowest BCUT2D eigenvalue weighted by Gasteiger charge is -2.61. The maximum absolute atomic E-state index is 5.95. The van der Waals surface area contributed by atoms with Gasteiger partial charge in [-0.05, 0) is 105 Å². The quantitative estimate of drug-likeness (QED) is 0.536. The van der Waals surface area contributed by atoms with Crippen LogP contribution < -0.4 is 0 Å². The normalized spacial score (nSPS) is 53.3. The molecule has 0 bridgehead atoms. The first-order valence-corrected chi connectivity index (χ1v) is 11.9. The second kappa shape index (κ2) is 6.87. The highest BCUT2D eigenvalue weighted by molar-refractivity contribution is 5.12. The molecule has 4 aliphatic carbocycles. The molecule has 0 amide bonds. The van der Waals surface area contributed by atoms with Crippen molar-refractivity contribution < 1.29 is 9.47 Å². The predicted molar refractivity (Wildman–Crippen MR) is 109 cm³/mol. The van der Waals surface area contributed by atoms with E-state index in [0.717, 1.165) is 42.8 Å². The molecule has 1 saturated heterocycles. The van der Waals surface area contributed by atoms with Gasteiger partial charge in [-0.15, -0.1) is 0 Å². The fourth-order valence-corrected chi connectivity index (χ4v) is 8.88. The fraction of sp³-hybridized carbons (Fsp3) is 0.920. The Labute approximate surface area is 166 Å². The van der Waals surface area contributed by atoms with Gasteiger partial charge in [0.05, 0.1) is 13.2 Å². The third-order valence-electron chi connectivity index (χ3n) is 10.2. The van der Waals surface area contributed by atoms with Crippen LogP contribution in [0.3, 0.4) is 0 Å². The molecule has 2 nitrogen and oxygen atoms in total. The van der Waals surface area contributed by atoms with Gasteiger partial charge < -0.3 is 9.47 Å². The minimum absolute atomic E-state index is 0.0996. The predicted octanol–water partition coefficient (Wildman–Crippen LogP) is 6.21. The molecule has 0 aromatic heterocycles. The van der Waals surface area contributed by atoms with Crippen LogP contribution in [-0.4, -0.2) is 19.5 Å². The number of hydrogen-bond donors (Lipinski definition) is 0. The number of fused-ring (bicyclic) bond motifs is 5. The van der Waals surface area contributed by atoms with Gasteiger partial charge in [-0.1, -0.05) is 26.0 Å². The van der Waals surface area contributed by atoms with Crippen LogP contribution in [0.2, 0.25) is 0 Å². The summed E-state index contributed by atoms with van der Waals surface area (Å²) in [5.74, 6) is 5.31. The molecule has 0 spiro atoms. The molecular weight excluding hydrogens is 332 g/mol. The molecule has 1 aliphatic heterocycles. The van der Waals surface area contributed by atoms with E-state index >= 15 is 0 Å². The van der Waals surface area contributed by atoms with Crippen LogP contribution in [0.5, 0.6) is 0 Å². The Morgan fingerprint density at radius 3 is 2.33 bits per heavy atom. The van der Waals surface area contributed by atoms with Crippen molar-refractivity contribution >= 4 is 0 Å². The molecule has 152 valence electrons. The summed E-state index contributed by atoms with van der Waals surface area (Å²) in [6.45, 7) is 9.14. The third kappa shape index (κ3) is 2.80. The maximum Gasteiger partial charge on any atom is 0.160 e. The summed E-state index contributed by atoms with van der Waals surface area (Å²) in [7, 11) is 0. The zero-order valence-electron chi connectivity index (χ0n) is 17.8. The topological polar surface area (TPSA) is 18.5 Å². The van der Waals surface area contributed by atoms with Crippen LogP contribution in [0.1, 0.15) is 78.6 Å². The Balaban J connectivity index is 1.39. The molecule has 2 unspecified atom stereocenters. The van der Waals surface area contributed by atoms with E-state index in [0.29, 0.717) is 16.7 Å². The highest BCUT2D eigenvalue weighted by atomic mass is 16.7. The Morgan fingerprint density at radius 2 is 1.56 bits per heavy atom. The molecule has 2 heteroatoms. The standard InChI is InChI=1S/C25H40O2/c1-4-5-18-9-11-21-20-10-8-19-7-6-17(23-26-14-15-27-23)16-25(19,3)22(20)12-13-24(18,21)2/h4-5,17-23H,6-16H2,1-3H3/t17?,18-,19?,20-,21-,22-,24+,25-/m0/s1. The van der Waals surface area contributed by atoms with E-state index in [1.54, 1.807) is 0 Å². The highest BCUT2D eigenvalue weighted by Crippen LogP contribution is 2.68. The summed E-state index contributed by atoms with van der Waals surface area (Å²) in [6.07, 6.45) is 17.9. The average Bonchev–Trinajstić information content (AvgIpc) is 3.30. The molecule has 8 atom stereocenters. The molecule has 0 aromatic carbocycles. The van der Waals surface area contributed by atoms with Crippen LogP contribution in [0.25, 0.3) is 0 Å². The lowest BCUT2D eigenvalue weighted by atomic mass is 9.44. The Morgan fingerprint density at radius 1 is 0.815 bits per heavy atom. The molecular formula is C25H40O2. The number of ether oxygens (including phenoxy) is 2. The molecule has 1 heterocycles. The first-order chi connectivity index (χ1) is 13.1. The van der Waals surface area contributed by atoms with Crippen molar-refractivity contribution in [2.75, 3.05) is 13.2 Å². The zero-order valence-corrected chi connectivity index (χ0v) is 17.8. The van der Waals surface area contributed by atoms with E-state index in [9.17, 15) is 0 Å². The molecule has 5 rings (SSSR count). The number of rotatable bonds is 2. The van der Waals surface area contributed by atoms with Gasteiger partial charge in [0, 0.05) is 5.92 Å². The monoisotopic (exact) mass is 372 g/mol. The van der Waals surface area contributed by atoms with Crippen molar-refractivity contribution in [2.45, 2.75) is 84.8 Å². The van der Waals surface area contributed by atoms with E-state index in [4.69, 9.17) is 9.47 Å². The third-order valence-corrected chi connectivity index (χ3v) is 10.2. The number of hydrogen-bond acceptors (Lipinski definition) is 2. The molecule has 0 N–H and O–H groups in total. The molecule has 27 heavy (non-hydrogen) atoms. The van der Waals surface area contributed by atoms with Crippen LogP contribution in [0.15, 0.2) is 12.2 Å². The summed E-state index contributed by atoms with van der Waals surface area (Å²) in [4.78, 5) is 0. The van der Waals surface area contributed by atoms with Gasteiger partial charge in [0.1, 0.15) is 0 Å². The lowest BCUT2D eigenvalue weighted by molar-refractivity contribution is -0.157. The SMILES string of the molecule is CC=C[C@H]1CC[C@H]2[C@@H]3CCC4CCC(C5OCCO5)C[C@]4(C)[C@H]3CC[C@]12C. The van der Waals surface area contributed by atoms with Crippen molar-refractivity contribution in [1.82, 2.24) is 0 Å². The van der Waals surface area contributed by atoms with E-state index in [1.165, 1.54) is 57.8 Å². The number of allylic oxidation sites excluding steroid dienone is 2. The zero-order chi connectivity index (χ0) is 18.6. The van der Waals surface area contributed by atoms with E-state index < -0.39 is 0 Å². The Hall–Kier alpha value is -0.340. The summed E-state index contributed by atoms with van der Waals surface area (Å²) < 4.78 is 11.9. The first kappa shape index (κ1) is 18.7. The van der Waals surface area contributed by atoms with Gasteiger partial charge in [0.2, 0.25) is 0 Å². The summed E-state index contributed by atoms with van der Waals surface area (Å²) >= 11 is 0. The second-order valence-corrected chi connectivity index (χ2v) is 11.1. The molecule has 4 saturated carbocycles. The van der Waals surface area contributed by atoms with Crippen molar-refractivity contribution in [3.63, 3.8) is 0 Å². The summed E-state index contributed by atoms with van der Waals surface area (Å²) in [5, 5.41) is 0. The maximum atomic E-state index is 5.95. The first-order valence-electron chi connectivity index (χ1n) is 11.9. The van der Waals surface area contributed by atoms with Gasteiger partial charge in [0.15, 0.2) is 6.29 Å². The molecule has 0 aromatic rings. The van der Waals surface area contributed by atoms with Gasteiger partial charge in [-0.3, -0.25) is 0 Å². The minimum atomic E-state index is 0.0996. The van der Waals surface area contributed by atoms with Gasteiger partial charge in [-0.2, -0.15) is 0 Å². The van der Waals surface area contributed by atoms with Gasteiger partial charge >= 0.3 is 0 Å². The van der Waals surface area contributed by atoms with Crippen LogP contribution >= 0.6 is 0 Å². The molecule has 5 aliphatic rings. The van der Waals surface area contributed by atoms with Crippen molar-refractivity contribution in [3.05, 3.63) is 12.2 Å². The Kier molecular flexibility index (Phi) is 4.75. The van der Waals surface area contributed by atoms with E-state index in [1.807, 2.05) is 0 Å². The second-order valence-electron chi connectivity index (χ2n) is 11.1. The van der Waals surface area contributed by atoms with Crippen LogP contribution in [0.4, 0.5) is 0 Å². The molecule has 0 radical (unpaired) electrons. The smallest absolute Gasteiger partial charge is 0.160 e. The van der Waals surface area contributed by atoms with Crippen molar-refractivity contribution in [2.24, 2.45) is 46.3 Å².